The van der Waals surface area contributed by atoms with Crippen molar-refractivity contribution in [3.8, 4) is 0 Å². The number of nitrogens with zero attached hydrogens (tertiary/aromatic N) is 2. The Hall–Kier alpha value is -2.08. The number of para-hydroxylation sites is 2. The average Bonchev–Trinajstić information content (AvgIpc) is 2.75. The molecule has 19 heavy (non-hydrogen) atoms. The molecule has 2 rings (SSSR count). The van der Waals surface area contributed by atoms with Gasteiger partial charge in [-0.25, -0.2) is 9.78 Å². The molecule has 2 aromatic rings. The summed E-state index contributed by atoms with van der Waals surface area (Å²) in [7, 11) is 0. The fourth-order valence-corrected chi connectivity index (χ4v) is 2.09. The standard InChI is InChI=1S/C13H19N5O/c1-2-18-11-6-4-3-5-10(11)17-12(18)9-15-7-8-16-13(14)19/h3-6,15H,2,7-9H2,1H3,(H3,14,16,19). The SMILES string of the molecule is CCn1c(CNCCNC(N)=O)nc2ccccc21. The van der Waals surface area contributed by atoms with Crippen molar-refractivity contribution in [3.05, 3.63) is 30.1 Å². The third-order valence-corrected chi connectivity index (χ3v) is 2.93. The quantitative estimate of drug-likeness (QED) is 0.673. The highest BCUT2D eigenvalue weighted by Crippen LogP contribution is 2.15. The van der Waals surface area contributed by atoms with Crippen LogP contribution in [0.2, 0.25) is 0 Å². The fourth-order valence-electron chi connectivity index (χ4n) is 2.09. The van der Waals surface area contributed by atoms with Gasteiger partial charge in [0.25, 0.3) is 0 Å². The third-order valence-electron chi connectivity index (χ3n) is 2.93. The molecule has 1 aromatic heterocycles. The first-order chi connectivity index (χ1) is 9.22. The normalized spacial score (nSPS) is 10.8. The largest absolute Gasteiger partial charge is 0.352 e. The number of rotatable bonds is 6. The predicted molar refractivity (Wildman–Crippen MR) is 74.7 cm³/mol. The molecule has 0 atom stereocenters. The lowest BCUT2D eigenvalue weighted by molar-refractivity contribution is 0.249. The molecule has 102 valence electrons. The van der Waals surface area contributed by atoms with Crippen molar-refractivity contribution >= 4 is 17.1 Å². The second-order valence-electron chi connectivity index (χ2n) is 4.23. The molecule has 0 radical (unpaired) electrons. The molecule has 1 aromatic carbocycles. The molecule has 0 spiro atoms. The number of fused-ring (bicyclic) bond motifs is 1. The average molecular weight is 261 g/mol. The minimum absolute atomic E-state index is 0.498. The topological polar surface area (TPSA) is 85.0 Å². The smallest absolute Gasteiger partial charge is 0.312 e. The van der Waals surface area contributed by atoms with Crippen LogP contribution in [0.15, 0.2) is 24.3 Å². The summed E-state index contributed by atoms with van der Waals surface area (Å²) >= 11 is 0. The maximum absolute atomic E-state index is 10.5. The maximum atomic E-state index is 10.5. The van der Waals surface area contributed by atoms with Gasteiger partial charge in [-0.3, -0.25) is 0 Å². The monoisotopic (exact) mass is 261 g/mol. The Morgan fingerprint density at radius 1 is 1.37 bits per heavy atom. The molecule has 0 unspecified atom stereocenters. The molecule has 6 nitrogen and oxygen atoms in total. The second kappa shape index (κ2) is 6.19. The van der Waals surface area contributed by atoms with Gasteiger partial charge in [-0.2, -0.15) is 0 Å². The minimum atomic E-state index is -0.498. The van der Waals surface area contributed by atoms with Gasteiger partial charge in [0.2, 0.25) is 0 Å². The third kappa shape index (κ3) is 3.23. The maximum Gasteiger partial charge on any atom is 0.312 e. The highest BCUT2D eigenvalue weighted by molar-refractivity contribution is 5.75. The number of amides is 2. The van der Waals surface area contributed by atoms with Gasteiger partial charge in [-0.1, -0.05) is 12.1 Å². The Bertz CT molecular complexity index is 563. The number of hydrogen-bond donors (Lipinski definition) is 3. The lowest BCUT2D eigenvalue weighted by Crippen LogP contribution is -2.35. The van der Waals surface area contributed by atoms with Crippen LogP contribution >= 0.6 is 0 Å². The van der Waals surface area contributed by atoms with Gasteiger partial charge in [0.1, 0.15) is 5.82 Å². The first-order valence-electron chi connectivity index (χ1n) is 6.40. The Labute approximate surface area is 112 Å². The van der Waals surface area contributed by atoms with Crippen LogP contribution in [0.5, 0.6) is 0 Å². The van der Waals surface area contributed by atoms with Crippen LogP contribution in [0.4, 0.5) is 4.79 Å². The lowest BCUT2D eigenvalue weighted by Gasteiger charge is -2.07. The lowest BCUT2D eigenvalue weighted by atomic mass is 10.3. The van der Waals surface area contributed by atoms with Crippen LogP contribution in [0.3, 0.4) is 0 Å². The number of nitrogens with one attached hydrogen (secondary N) is 2. The molecule has 0 saturated carbocycles. The van der Waals surface area contributed by atoms with E-state index in [-0.39, 0.29) is 0 Å². The molecule has 0 aliphatic carbocycles. The number of carbonyl (C=O) groups is 1. The molecule has 2 amide bonds. The number of urea groups is 1. The zero-order chi connectivity index (χ0) is 13.7. The molecular formula is C13H19N5O. The molecule has 0 fully saturated rings. The van der Waals surface area contributed by atoms with Crippen LogP contribution in [0.25, 0.3) is 11.0 Å². The van der Waals surface area contributed by atoms with Gasteiger partial charge in [0.05, 0.1) is 17.6 Å². The van der Waals surface area contributed by atoms with E-state index in [2.05, 4.69) is 33.2 Å². The van der Waals surface area contributed by atoms with E-state index in [1.54, 1.807) is 0 Å². The van der Waals surface area contributed by atoms with Crippen LogP contribution < -0.4 is 16.4 Å². The highest BCUT2D eigenvalue weighted by atomic mass is 16.2. The predicted octanol–water partition coefficient (Wildman–Crippen LogP) is 0.814. The summed E-state index contributed by atoms with van der Waals surface area (Å²) < 4.78 is 2.18. The fraction of sp³-hybridized carbons (Fsp3) is 0.385. The van der Waals surface area contributed by atoms with Crippen molar-refractivity contribution in [2.75, 3.05) is 13.1 Å². The summed E-state index contributed by atoms with van der Waals surface area (Å²) in [6.45, 7) is 4.84. The van der Waals surface area contributed by atoms with E-state index in [9.17, 15) is 4.79 Å². The minimum Gasteiger partial charge on any atom is -0.352 e. The van der Waals surface area contributed by atoms with Gasteiger partial charge >= 0.3 is 6.03 Å². The summed E-state index contributed by atoms with van der Waals surface area (Å²) in [6.07, 6.45) is 0. The number of aromatic nitrogens is 2. The van der Waals surface area contributed by atoms with E-state index >= 15 is 0 Å². The van der Waals surface area contributed by atoms with Crippen molar-refractivity contribution in [1.82, 2.24) is 20.2 Å². The van der Waals surface area contributed by atoms with Crippen LogP contribution in [-0.4, -0.2) is 28.7 Å². The van der Waals surface area contributed by atoms with Gasteiger partial charge in [0, 0.05) is 19.6 Å². The number of benzene rings is 1. The summed E-state index contributed by atoms with van der Waals surface area (Å²) in [5.74, 6) is 1.00. The van der Waals surface area contributed by atoms with Crippen LogP contribution in [-0.2, 0) is 13.1 Å². The summed E-state index contributed by atoms with van der Waals surface area (Å²) in [5.41, 5.74) is 7.15. The van der Waals surface area contributed by atoms with E-state index in [1.165, 1.54) is 0 Å². The van der Waals surface area contributed by atoms with E-state index in [0.717, 1.165) is 23.4 Å². The molecular weight excluding hydrogens is 242 g/mol. The van der Waals surface area contributed by atoms with Crippen molar-refractivity contribution < 1.29 is 4.79 Å². The Kier molecular flexibility index (Phi) is 4.35. The number of nitrogens with two attached hydrogens (primary N) is 1. The van der Waals surface area contributed by atoms with Crippen molar-refractivity contribution in [2.45, 2.75) is 20.0 Å². The van der Waals surface area contributed by atoms with Crippen LogP contribution in [0.1, 0.15) is 12.7 Å². The number of hydrogen-bond acceptors (Lipinski definition) is 3. The molecule has 0 aliphatic rings. The van der Waals surface area contributed by atoms with E-state index in [4.69, 9.17) is 5.73 Å². The number of carbonyl (C=O) groups excluding carboxylic acids is 1. The highest BCUT2D eigenvalue weighted by Gasteiger charge is 2.07. The second-order valence-corrected chi connectivity index (χ2v) is 4.23. The first-order valence-corrected chi connectivity index (χ1v) is 6.40. The summed E-state index contributed by atoms with van der Waals surface area (Å²) in [6, 6.07) is 7.60. The summed E-state index contributed by atoms with van der Waals surface area (Å²) in [5, 5.41) is 5.78. The van der Waals surface area contributed by atoms with Gasteiger partial charge in [0.15, 0.2) is 0 Å². The van der Waals surface area contributed by atoms with E-state index in [0.29, 0.717) is 19.6 Å². The molecule has 4 N–H and O–H groups in total. The first kappa shape index (κ1) is 13.4. The van der Waals surface area contributed by atoms with Crippen molar-refractivity contribution in [1.29, 1.82) is 0 Å². The molecule has 0 saturated heterocycles. The Balaban J connectivity index is 1.98. The number of aryl methyl sites for hydroxylation is 1. The van der Waals surface area contributed by atoms with Gasteiger partial charge in [-0.15, -0.1) is 0 Å². The molecule has 1 heterocycles. The molecule has 0 bridgehead atoms. The number of primary amides is 1. The van der Waals surface area contributed by atoms with Crippen molar-refractivity contribution in [2.24, 2.45) is 5.73 Å². The summed E-state index contributed by atoms with van der Waals surface area (Å²) in [4.78, 5) is 15.1. The zero-order valence-corrected chi connectivity index (χ0v) is 11.0. The van der Waals surface area contributed by atoms with Crippen molar-refractivity contribution in [3.63, 3.8) is 0 Å². The Morgan fingerprint density at radius 3 is 2.89 bits per heavy atom. The van der Waals surface area contributed by atoms with E-state index in [1.807, 2.05) is 18.2 Å². The van der Waals surface area contributed by atoms with E-state index < -0.39 is 6.03 Å². The zero-order valence-electron chi connectivity index (χ0n) is 11.0. The Morgan fingerprint density at radius 2 is 2.16 bits per heavy atom. The number of imidazole rings is 1. The molecule has 0 aliphatic heterocycles. The van der Waals surface area contributed by atoms with Gasteiger partial charge < -0.3 is 20.9 Å². The van der Waals surface area contributed by atoms with Gasteiger partial charge in [-0.05, 0) is 19.1 Å². The van der Waals surface area contributed by atoms with Crippen LogP contribution in [0, 0.1) is 0 Å². The molecule has 6 heteroatoms.